The number of nitrogens with one attached hydrogen (secondary N) is 2. The van der Waals surface area contributed by atoms with E-state index < -0.39 is 6.10 Å². The van der Waals surface area contributed by atoms with E-state index in [1.807, 2.05) is 13.0 Å². The van der Waals surface area contributed by atoms with Gasteiger partial charge in [0.2, 0.25) is 0 Å². The second-order valence-electron chi connectivity index (χ2n) is 9.63. The molecule has 3 aromatic rings. The molecule has 2 aliphatic rings. The van der Waals surface area contributed by atoms with Crippen LogP contribution in [0.3, 0.4) is 0 Å². The number of methoxy groups -OCH3 is 1. The molecule has 11 nitrogen and oxygen atoms in total. The van der Waals surface area contributed by atoms with Gasteiger partial charge in [-0.25, -0.2) is 4.98 Å². The van der Waals surface area contributed by atoms with Gasteiger partial charge >= 0.3 is 6.01 Å². The molecule has 3 N–H and O–H groups in total. The van der Waals surface area contributed by atoms with Gasteiger partial charge in [-0.05, 0) is 51.2 Å². The third kappa shape index (κ3) is 5.26. The van der Waals surface area contributed by atoms with Crippen molar-refractivity contribution in [2.75, 3.05) is 31.7 Å². The first-order chi connectivity index (χ1) is 17.5. The third-order valence-electron chi connectivity index (χ3n) is 7.01. The smallest absolute Gasteiger partial charge is 0.319 e. The summed E-state index contributed by atoms with van der Waals surface area (Å²) in [6, 6.07) is 5.57. The van der Waals surface area contributed by atoms with Crippen LogP contribution in [-0.4, -0.2) is 81.2 Å². The number of carbonyl (C=O) groups is 1. The predicted octanol–water partition coefficient (Wildman–Crippen LogP) is 2.19. The van der Waals surface area contributed by atoms with Crippen LogP contribution >= 0.6 is 0 Å². The fourth-order valence-corrected chi connectivity index (χ4v) is 5.12. The highest BCUT2D eigenvalue weighted by atomic mass is 16.5. The number of aliphatic hydroxyl groups excluding tert-OH is 1. The quantitative estimate of drug-likeness (QED) is 0.429. The summed E-state index contributed by atoms with van der Waals surface area (Å²) in [6.45, 7) is 3.76. The first-order valence-electron chi connectivity index (χ1n) is 12.6. The van der Waals surface area contributed by atoms with Gasteiger partial charge in [0.25, 0.3) is 5.91 Å². The van der Waals surface area contributed by atoms with E-state index in [-0.39, 0.29) is 29.8 Å². The molecular weight excluding hydrogens is 462 g/mol. The summed E-state index contributed by atoms with van der Waals surface area (Å²) in [6.07, 6.45) is 5.10. The maximum atomic E-state index is 13.0. The van der Waals surface area contributed by atoms with Gasteiger partial charge in [-0.2, -0.15) is 15.1 Å². The molecule has 192 valence electrons. The Morgan fingerprint density at radius 1 is 1.28 bits per heavy atom. The number of aromatic amines is 1. The minimum atomic E-state index is -0.527. The monoisotopic (exact) mass is 495 g/mol. The molecule has 0 aromatic carbocycles. The molecule has 2 fully saturated rings. The molecular formula is C25H33N7O4. The number of aliphatic hydroxyl groups is 1. The zero-order valence-corrected chi connectivity index (χ0v) is 20.7. The second-order valence-corrected chi connectivity index (χ2v) is 9.63. The number of hydrogen-bond acceptors (Lipinski definition) is 9. The van der Waals surface area contributed by atoms with Crippen molar-refractivity contribution < 1.29 is 19.4 Å². The summed E-state index contributed by atoms with van der Waals surface area (Å²) in [4.78, 5) is 28.5. The molecule has 5 rings (SSSR count). The van der Waals surface area contributed by atoms with Crippen LogP contribution in [0.5, 0.6) is 6.01 Å². The molecule has 36 heavy (non-hydrogen) atoms. The largest absolute Gasteiger partial charge is 0.458 e. The van der Waals surface area contributed by atoms with E-state index in [2.05, 4.69) is 41.4 Å². The molecule has 1 saturated heterocycles. The van der Waals surface area contributed by atoms with Crippen LogP contribution in [0, 0.1) is 0 Å². The Morgan fingerprint density at radius 3 is 2.86 bits per heavy atom. The van der Waals surface area contributed by atoms with Crippen LogP contribution in [0.25, 0.3) is 11.0 Å². The molecule has 4 heterocycles. The van der Waals surface area contributed by atoms with E-state index in [1.165, 1.54) is 0 Å². The van der Waals surface area contributed by atoms with Crippen LogP contribution in [0.1, 0.15) is 61.1 Å². The molecule has 0 radical (unpaired) electrons. The highest BCUT2D eigenvalue weighted by Crippen LogP contribution is 2.33. The Morgan fingerprint density at radius 2 is 2.11 bits per heavy atom. The van der Waals surface area contributed by atoms with E-state index in [9.17, 15) is 9.90 Å². The van der Waals surface area contributed by atoms with Crippen molar-refractivity contribution in [2.24, 2.45) is 0 Å². The van der Waals surface area contributed by atoms with Gasteiger partial charge in [0.1, 0.15) is 17.6 Å². The minimum absolute atomic E-state index is 0.141. The number of amides is 1. The number of ether oxygens (including phenoxy) is 2. The summed E-state index contributed by atoms with van der Waals surface area (Å²) >= 11 is 0. The number of nitrogens with zero attached hydrogens (tertiary/aromatic N) is 5. The van der Waals surface area contributed by atoms with E-state index in [0.717, 1.165) is 55.5 Å². The van der Waals surface area contributed by atoms with Crippen molar-refractivity contribution >= 4 is 22.8 Å². The average molecular weight is 496 g/mol. The zero-order chi connectivity index (χ0) is 25.1. The Balaban J connectivity index is 1.33. The lowest BCUT2D eigenvalue weighted by atomic mass is 9.92. The summed E-state index contributed by atoms with van der Waals surface area (Å²) in [5, 5.41) is 21.7. The molecule has 1 aliphatic heterocycles. The predicted molar refractivity (Wildman–Crippen MR) is 133 cm³/mol. The van der Waals surface area contributed by atoms with Crippen LogP contribution in [-0.2, 0) is 4.74 Å². The number of H-pyrrole nitrogens is 1. The number of fused-ring (bicyclic) bond motifs is 1. The summed E-state index contributed by atoms with van der Waals surface area (Å²) in [5.74, 6) is 0.651. The number of hydrogen-bond donors (Lipinski definition) is 3. The number of pyridine rings is 1. The Bertz CT molecular complexity index is 1190. The summed E-state index contributed by atoms with van der Waals surface area (Å²) in [5.41, 5.74) is 2.08. The average Bonchev–Trinajstić information content (AvgIpc) is 3.50. The van der Waals surface area contributed by atoms with Crippen molar-refractivity contribution in [1.82, 2.24) is 30.5 Å². The molecule has 1 aliphatic carbocycles. The number of rotatable bonds is 8. The maximum absolute atomic E-state index is 13.0. The molecule has 0 bridgehead atoms. The van der Waals surface area contributed by atoms with Gasteiger partial charge in [0.15, 0.2) is 5.65 Å². The summed E-state index contributed by atoms with van der Waals surface area (Å²) in [7, 11) is 1.60. The van der Waals surface area contributed by atoms with Gasteiger partial charge < -0.3 is 24.8 Å². The van der Waals surface area contributed by atoms with E-state index in [1.54, 1.807) is 19.4 Å². The molecule has 3 atom stereocenters. The van der Waals surface area contributed by atoms with Gasteiger partial charge in [-0.1, -0.05) is 0 Å². The third-order valence-corrected chi connectivity index (χ3v) is 7.01. The Kier molecular flexibility index (Phi) is 7.28. The van der Waals surface area contributed by atoms with E-state index >= 15 is 0 Å². The lowest BCUT2D eigenvalue weighted by molar-refractivity contribution is 0.0826. The second kappa shape index (κ2) is 10.8. The van der Waals surface area contributed by atoms with Gasteiger partial charge in [0, 0.05) is 49.5 Å². The molecule has 0 unspecified atom stereocenters. The van der Waals surface area contributed by atoms with Crippen LogP contribution in [0.2, 0.25) is 0 Å². The van der Waals surface area contributed by atoms with Gasteiger partial charge in [0.05, 0.1) is 18.8 Å². The number of piperidine rings is 1. The van der Waals surface area contributed by atoms with Crippen LogP contribution in [0.4, 0.5) is 5.82 Å². The van der Waals surface area contributed by atoms with Crippen LogP contribution in [0.15, 0.2) is 24.4 Å². The Hall–Kier alpha value is -3.31. The molecule has 0 spiro atoms. The lowest BCUT2D eigenvalue weighted by Crippen LogP contribution is -2.40. The maximum Gasteiger partial charge on any atom is 0.319 e. The Labute approximate surface area is 209 Å². The lowest BCUT2D eigenvalue weighted by Gasteiger charge is -2.32. The molecule has 11 heteroatoms. The zero-order valence-electron chi connectivity index (χ0n) is 20.7. The van der Waals surface area contributed by atoms with E-state index in [0.29, 0.717) is 24.8 Å². The minimum Gasteiger partial charge on any atom is -0.458 e. The molecule has 1 amide bonds. The van der Waals surface area contributed by atoms with Crippen molar-refractivity contribution in [3.8, 4) is 6.01 Å². The van der Waals surface area contributed by atoms with E-state index in [4.69, 9.17) is 9.47 Å². The molecule has 3 aromatic heterocycles. The number of carbonyl (C=O) groups excluding carboxylic acids is 1. The van der Waals surface area contributed by atoms with Crippen molar-refractivity contribution in [3.63, 3.8) is 0 Å². The molecule has 1 saturated carbocycles. The first kappa shape index (κ1) is 24.4. The number of aromatic nitrogens is 5. The topological polar surface area (TPSA) is 138 Å². The normalized spacial score (nSPS) is 21.6. The fourth-order valence-electron chi connectivity index (χ4n) is 5.12. The van der Waals surface area contributed by atoms with Crippen molar-refractivity contribution in [1.29, 1.82) is 0 Å². The van der Waals surface area contributed by atoms with Crippen molar-refractivity contribution in [2.45, 2.75) is 63.2 Å². The first-order valence-corrected chi connectivity index (χ1v) is 12.6. The standard InChI is InChI=1S/C25H33N7O4/c1-15(14-35-2)36-25-28-19(24(34)27-18-6-3-7-20(18)33)13-21(29-25)32-11-8-16(9-12-32)22-17-5-4-10-26-23(17)31-30-22/h4-5,10,13,15-16,18,20,33H,3,6-9,11-12,14H2,1-2H3,(H,27,34)(H,26,30,31)/t15-,18-,20+/m1/s1. The van der Waals surface area contributed by atoms with Crippen molar-refractivity contribution in [3.05, 3.63) is 35.8 Å². The van der Waals surface area contributed by atoms with Gasteiger partial charge in [-0.3, -0.25) is 9.89 Å². The summed E-state index contributed by atoms with van der Waals surface area (Å²) < 4.78 is 11.0. The highest BCUT2D eigenvalue weighted by Gasteiger charge is 2.29. The highest BCUT2D eigenvalue weighted by molar-refractivity contribution is 5.93. The van der Waals surface area contributed by atoms with Crippen LogP contribution < -0.4 is 15.0 Å². The number of anilines is 1. The fraction of sp³-hybridized carbons (Fsp3) is 0.560. The van der Waals surface area contributed by atoms with Gasteiger partial charge in [-0.15, -0.1) is 0 Å². The SMILES string of the molecule is COC[C@@H](C)Oc1nc(C(=O)N[C@@H]2CCC[C@@H]2O)cc(N2CCC(c3[nH]nc4ncccc34)CC2)n1.